The summed E-state index contributed by atoms with van der Waals surface area (Å²) in [4.78, 5) is 0. The average molecular weight is 142 g/mol. The largest absolute Gasteiger partial charge is 0.355 e. The molecule has 0 aromatic carbocycles. The Morgan fingerprint density at radius 1 is 1.56 bits per heavy atom. The van der Waals surface area contributed by atoms with Gasteiger partial charge in [-0.2, -0.15) is 0 Å². The summed E-state index contributed by atoms with van der Waals surface area (Å²) in [7, 11) is 0.604. The van der Waals surface area contributed by atoms with E-state index in [0.29, 0.717) is 14.9 Å². The monoisotopic (exact) mass is 142 g/mol. The van der Waals surface area contributed by atoms with Crippen molar-refractivity contribution in [3.8, 4) is 0 Å². The fraction of sp³-hybridized carbons (Fsp3) is 0.429. The third-order valence-electron chi connectivity index (χ3n) is 1.21. The van der Waals surface area contributed by atoms with Crippen LogP contribution in [0.15, 0.2) is 24.3 Å². The van der Waals surface area contributed by atoms with Gasteiger partial charge in [-0.3, -0.25) is 0 Å². The molecule has 0 bridgehead atoms. The van der Waals surface area contributed by atoms with Crippen LogP contribution in [0.5, 0.6) is 0 Å². The van der Waals surface area contributed by atoms with Crippen molar-refractivity contribution in [2.24, 2.45) is 0 Å². The molecule has 2 unspecified atom stereocenters. The minimum atomic E-state index is 0.346. The predicted octanol–water partition coefficient (Wildman–Crippen LogP) is 2.11. The van der Waals surface area contributed by atoms with E-state index in [1.165, 1.54) is 0 Å². The molecule has 0 amide bonds. The van der Waals surface area contributed by atoms with Crippen molar-refractivity contribution in [1.29, 1.82) is 0 Å². The fourth-order valence-electron chi connectivity index (χ4n) is 0.797. The predicted molar refractivity (Wildman–Crippen MR) is 42.0 cm³/mol. The van der Waals surface area contributed by atoms with E-state index in [1.807, 2.05) is 12.7 Å². The zero-order valence-corrected chi connectivity index (χ0v) is 6.50. The van der Waals surface area contributed by atoms with E-state index in [4.69, 9.17) is 4.52 Å². The van der Waals surface area contributed by atoms with Crippen LogP contribution in [0.3, 0.4) is 0 Å². The highest BCUT2D eigenvalue weighted by atomic mass is 31.1. The van der Waals surface area contributed by atoms with E-state index in [-0.39, 0.29) is 0 Å². The molecule has 9 heavy (non-hydrogen) atoms. The first kappa shape index (κ1) is 6.98. The van der Waals surface area contributed by atoms with Gasteiger partial charge in [0.05, 0.1) is 6.10 Å². The standard InChI is InChI=1S/C7H11OP/c1-9-8-7-5-3-2-4-6-7/h2-5,7,9H,6H2,1H3. The topological polar surface area (TPSA) is 9.23 Å². The Hall–Kier alpha value is -0.130. The quantitative estimate of drug-likeness (QED) is 0.536. The summed E-state index contributed by atoms with van der Waals surface area (Å²) in [6, 6.07) is 0. The number of hydrogen-bond acceptors (Lipinski definition) is 1. The molecular formula is C7H11OP. The molecule has 1 aliphatic rings. The van der Waals surface area contributed by atoms with Gasteiger partial charge in [0, 0.05) is 8.81 Å². The second-order valence-corrected chi connectivity index (χ2v) is 2.55. The maximum Gasteiger partial charge on any atom is 0.0832 e. The van der Waals surface area contributed by atoms with Gasteiger partial charge in [-0.1, -0.05) is 24.3 Å². The van der Waals surface area contributed by atoms with Gasteiger partial charge in [0.15, 0.2) is 0 Å². The van der Waals surface area contributed by atoms with Crippen LogP contribution in [0.2, 0.25) is 0 Å². The second-order valence-electron chi connectivity index (χ2n) is 1.91. The molecule has 2 heteroatoms. The maximum absolute atomic E-state index is 5.37. The van der Waals surface area contributed by atoms with Crippen molar-refractivity contribution in [3.63, 3.8) is 0 Å². The molecular weight excluding hydrogens is 131 g/mol. The molecule has 0 aromatic rings. The van der Waals surface area contributed by atoms with E-state index in [2.05, 4.69) is 18.2 Å². The molecule has 0 fully saturated rings. The Labute approximate surface area is 57.7 Å². The third kappa shape index (κ3) is 2.30. The van der Waals surface area contributed by atoms with E-state index >= 15 is 0 Å². The van der Waals surface area contributed by atoms with Crippen LogP contribution in [0.4, 0.5) is 0 Å². The lowest BCUT2D eigenvalue weighted by Gasteiger charge is -2.11. The Bertz CT molecular complexity index is 129. The van der Waals surface area contributed by atoms with Gasteiger partial charge in [0.25, 0.3) is 0 Å². The third-order valence-corrected chi connectivity index (χ3v) is 1.75. The van der Waals surface area contributed by atoms with Gasteiger partial charge >= 0.3 is 0 Å². The first-order valence-corrected chi connectivity index (χ1v) is 4.50. The van der Waals surface area contributed by atoms with Crippen molar-refractivity contribution in [2.45, 2.75) is 12.5 Å². The van der Waals surface area contributed by atoms with Crippen LogP contribution >= 0.6 is 8.81 Å². The maximum atomic E-state index is 5.37. The summed E-state index contributed by atoms with van der Waals surface area (Å²) in [5.41, 5.74) is 0. The van der Waals surface area contributed by atoms with Crippen molar-refractivity contribution >= 4 is 8.81 Å². The van der Waals surface area contributed by atoms with Crippen molar-refractivity contribution in [2.75, 3.05) is 6.66 Å². The van der Waals surface area contributed by atoms with Gasteiger partial charge in [-0.05, 0) is 13.1 Å². The van der Waals surface area contributed by atoms with Gasteiger partial charge in [-0.15, -0.1) is 0 Å². The molecule has 0 spiro atoms. The molecule has 0 heterocycles. The lowest BCUT2D eigenvalue weighted by atomic mass is 10.1. The number of hydrogen-bond donors (Lipinski definition) is 0. The zero-order chi connectivity index (χ0) is 6.53. The van der Waals surface area contributed by atoms with Gasteiger partial charge in [-0.25, -0.2) is 0 Å². The van der Waals surface area contributed by atoms with E-state index in [1.54, 1.807) is 0 Å². The van der Waals surface area contributed by atoms with E-state index in [9.17, 15) is 0 Å². The first-order chi connectivity index (χ1) is 4.43. The zero-order valence-electron chi connectivity index (χ0n) is 5.50. The van der Waals surface area contributed by atoms with Gasteiger partial charge in [0.1, 0.15) is 0 Å². The first-order valence-electron chi connectivity index (χ1n) is 3.09. The van der Waals surface area contributed by atoms with E-state index < -0.39 is 0 Å². The fourth-order valence-corrected chi connectivity index (χ4v) is 1.27. The van der Waals surface area contributed by atoms with Crippen LogP contribution in [-0.2, 0) is 4.52 Å². The molecule has 0 N–H and O–H groups in total. The van der Waals surface area contributed by atoms with Crippen LogP contribution in [0.1, 0.15) is 6.42 Å². The van der Waals surface area contributed by atoms with Crippen LogP contribution in [-0.4, -0.2) is 12.8 Å². The highest BCUT2D eigenvalue weighted by molar-refractivity contribution is 7.31. The minimum absolute atomic E-state index is 0.346. The molecule has 0 aliphatic heterocycles. The highest BCUT2D eigenvalue weighted by Crippen LogP contribution is 2.16. The van der Waals surface area contributed by atoms with Crippen LogP contribution < -0.4 is 0 Å². The molecule has 1 aliphatic carbocycles. The van der Waals surface area contributed by atoms with Crippen LogP contribution in [0.25, 0.3) is 0 Å². The molecule has 0 radical (unpaired) electrons. The van der Waals surface area contributed by atoms with Crippen molar-refractivity contribution in [3.05, 3.63) is 24.3 Å². The van der Waals surface area contributed by atoms with Gasteiger partial charge < -0.3 is 4.52 Å². The summed E-state index contributed by atoms with van der Waals surface area (Å²) in [6.45, 7) is 2.05. The summed E-state index contributed by atoms with van der Waals surface area (Å²) in [5, 5.41) is 0. The Morgan fingerprint density at radius 3 is 3.00 bits per heavy atom. The molecule has 0 aromatic heterocycles. The Balaban J connectivity index is 2.28. The molecule has 1 nitrogen and oxygen atoms in total. The SMILES string of the molecule is CPOC1C=CC=CC1. The van der Waals surface area contributed by atoms with Crippen molar-refractivity contribution < 1.29 is 4.52 Å². The summed E-state index contributed by atoms with van der Waals surface area (Å²) in [5.74, 6) is 0. The molecule has 0 saturated carbocycles. The highest BCUT2D eigenvalue weighted by Gasteiger charge is 2.01. The Morgan fingerprint density at radius 2 is 2.44 bits per heavy atom. The minimum Gasteiger partial charge on any atom is -0.355 e. The van der Waals surface area contributed by atoms with Crippen LogP contribution in [0, 0.1) is 0 Å². The summed E-state index contributed by atoms with van der Waals surface area (Å²) in [6.07, 6.45) is 9.70. The summed E-state index contributed by atoms with van der Waals surface area (Å²) < 4.78 is 5.37. The van der Waals surface area contributed by atoms with Gasteiger partial charge in [0.2, 0.25) is 0 Å². The second kappa shape index (κ2) is 3.81. The summed E-state index contributed by atoms with van der Waals surface area (Å²) >= 11 is 0. The lowest BCUT2D eigenvalue weighted by molar-refractivity contribution is 0.291. The Kier molecular flexibility index (Phi) is 2.96. The smallest absolute Gasteiger partial charge is 0.0832 e. The van der Waals surface area contributed by atoms with Crippen molar-refractivity contribution in [1.82, 2.24) is 0 Å². The molecule has 1 rings (SSSR count). The molecule has 0 saturated heterocycles. The lowest BCUT2D eigenvalue weighted by Crippen LogP contribution is -2.03. The molecule has 50 valence electrons. The number of rotatable bonds is 2. The van der Waals surface area contributed by atoms with E-state index in [0.717, 1.165) is 6.42 Å². The average Bonchev–Trinajstić information content (AvgIpc) is 1.91. The number of allylic oxidation sites excluding steroid dienone is 2. The molecule has 2 atom stereocenters. The normalized spacial score (nSPS) is 26.1.